The number of benzene rings is 1. The Morgan fingerprint density at radius 1 is 1.00 bits per heavy atom. The molecule has 4 N–H and O–H groups in total. The highest BCUT2D eigenvalue weighted by atomic mass is 79.9. The lowest BCUT2D eigenvalue weighted by Gasteiger charge is -2.21. The topological polar surface area (TPSA) is 85.5 Å². The summed E-state index contributed by atoms with van der Waals surface area (Å²) in [6.07, 6.45) is 4.51. The molecule has 3 atom stereocenters. The normalized spacial score (nSPS) is 25.4. The molecule has 0 saturated carbocycles. The molecule has 0 bridgehead atoms. The maximum absolute atomic E-state index is 12.6. The summed E-state index contributed by atoms with van der Waals surface area (Å²) >= 11 is 3.63. The van der Waals surface area contributed by atoms with Gasteiger partial charge in [-0.15, -0.1) is 0 Å². The molecule has 7 nitrogen and oxygen atoms in total. The standard InChI is InChI=1S/C20H30BrN5O2/c1-13(2)17-16(21)18(25-24-17)19(27)22-14-7-9-15(10-8-14)23-20(28)26-11-5-3-4-6-12-26/h7-10,13,16-18,24-25H,3-6,11-12H2,1-2H3,(H,22,27)(H,23,28). The van der Waals surface area contributed by atoms with Gasteiger partial charge in [-0.25, -0.2) is 10.2 Å². The van der Waals surface area contributed by atoms with Gasteiger partial charge in [-0.2, -0.15) is 0 Å². The monoisotopic (exact) mass is 451 g/mol. The van der Waals surface area contributed by atoms with E-state index in [1.807, 2.05) is 29.2 Å². The number of amides is 3. The van der Waals surface area contributed by atoms with Crippen LogP contribution in [0, 0.1) is 5.92 Å². The van der Waals surface area contributed by atoms with Gasteiger partial charge in [0, 0.05) is 30.5 Å². The fourth-order valence-corrected chi connectivity index (χ4v) is 4.75. The zero-order valence-electron chi connectivity index (χ0n) is 16.5. The van der Waals surface area contributed by atoms with Crippen molar-refractivity contribution in [2.24, 2.45) is 5.92 Å². The van der Waals surface area contributed by atoms with Crippen molar-refractivity contribution in [2.45, 2.75) is 56.4 Å². The van der Waals surface area contributed by atoms with Gasteiger partial charge in [0.25, 0.3) is 0 Å². The summed E-state index contributed by atoms with van der Waals surface area (Å²) in [6, 6.07) is 7.02. The van der Waals surface area contributed by atoms with Crippen LogP contribution in [0.2, 0.25) is 0 Å². The van der Waals surface area contributed by atoms with Crippen molar-refractivity contribution in [2.75, 3.05) is 23.7 Å². The lowest BCUT2D eigenvalue weighted by Crippen LogP contribution is -2.42. The van der Waals surface area contributed by atoms with Crippen LogP contribution >= 0.6 is 15.9 Å². The van der Waals surface area contributed by atoms with E-state index in [1.54, 1.807) is 0 Å². The van der Waals surface area contributed by atoms with Crippen molar-refractivity contribution in [1.29, 1.82) is 0 Å². The highest BCUT2D eigenvalue weighted by molar-refractivity contribution is 9.09. The third kappa shape index (κ3) is 5.24. The molecule has 2 saturated heterocycles. The van der Waals surface area contributed by atoms with Gasteiger partial charge in [-0.05, 0) is 43.0 Å². The number of hydrogen-bond acceptors (Lipinski definition) is 4. The number of nitrogens with one attached hydrogen (secondary N) is 4. The van der Waals surface area contributed by atoms with Crippen LogP contribution in [0.3, 0.4) is 0 Å². The lowest BCUT2D eigenvalue weighted by atomic mass is 9.99. The third-order valence-electron chi connectivity index (χ3n) is 5.36. The number of urea groups is 1. The lowest BCUT2D eigenvalue weighted by molar-refractivity contribution is -0.117. The van der Waals surface area contributed by atoms with Crippen molar-refractivity contribution in [1.82, 2.24) is 15.8 Å². The molecule has 3 amide bonds. The van der Waals surface area contributed by atoms with Crippen molar-refractivity contribution in [3.05, 3.63) is 24.3 Å². The second-order valence-corrected chi connectivity index (χ2v) is 8.94. The van der Waals surface area contributed by atoms with Gasteiger partial charge in [0.15, 0.2) is 0 Å². The minimum Gasteiger partial charge on any atom is -0.325 e. The minimum atomic E-state index is -0.352. The number of hydrogen-bond donors (Lipinski definition) is 4. The minimum absolute atomic E-state index is 0.0136. The van der Waals surface area contributed by atoms with E-state index in [9.17, 15) is 9.59 Å². The SMILES string of the molecule is CC(C)C1NNC(C(=O)Nc2ccc(NC(=O)N3CCCCCC3)cc2)C1Br. The first-order valence-corrected chi connectivity index (χ1v) is 11.0. The van der Waals surface area contributed by atoms with Gasteiger partial charge < -0.3 is 15.5 Å². The molecule has 2 aliphatic rings. The van der Waals surface area contributed by atoms with E-state index < -0.39 is 0 Å². The maximum atomic E-state index is 12.6. The van der Waals surface area contributed by atoms with Crippen LogP contribution in [0.15, 0.2) is 24.3 Å². The molecule has 0 aliphatic carbocycles. The number of carbonyl (C=O) groups is 2. The molecule has 2 fully saturated rings. The van der Waals surface area contributed by atoms with E-state index in [0.29, 0.717) is 11.6 Å². The average molecular weight is 452 g/mol. The van der Waals surface area contributed by atoms with Crippen LogP contribution in [0.1, 0.15) is 39.5 Å². The van der Waals surface area contributed by atoms with Crippen LogP contribution in [0.5, 0.6) is 0 Å². The molecule has 28 heavy (non-hydrogen) atoms. The number of rotatable bonds is 4. The number of alkyl halides is 1. The average Bonchev–Trinajstić information content (AvgIpc) is 2.88. The first-order valence-electron chi connectivity index (χ1n) is 10.1. The van der Waals surface area contributed by atoms with E-state index in [-0.39, 0.29) is 28.8 Å². The van der Waals surface area contributed by atoms with Crippen molar-refractivity contribution < 1.29 is 9.59 Å². The predicted octanol–water partition coefficient (Wildman–Crippen LogP) is 3.30. The smallest absolute Gasteiger partial charge is 0.321 e. The molecule has 0 spiro atoms. The van der Waals surface area contributed by atoms with Crippen LogP contribution in [-0.2, 0) is 4.79 Å². The molecular formula is C20H30BrN5O2. The van der Waals surface area contributed by atoms with E-state index in [0.717, 1.165) is 31.6 Å². The summed E-state index contributed by atoms with van der Waals surface area (Å²) in [5, 5.41) is 5.88. The summed E-state index contributed by atoms with van der Waals surface area (Å²) < 4.78 is 0. The summed E-state index contributed by atoms with van der Waals surface area (Å²) in [4.78, 5) is 26.9. The van der Waals surface area contributed by atoms with Crippen molar-refractivity contribution in [3.63, 3.8) is 0 Å². The van der Waals surface area contributed by atoms with Crippen LogP contribution < -0.4 is 21.5 Å². The highest BCUT2D eigenvalue weighted by Crippen LogP contribution is 2.23. The fraction of sp³-hybridized carbons (Fsp3) is 0.600. The Hall–Kier alpha value is -1.64. The van der Waals surface area contributed by atoms with Gasteiger partial charge >= 0.3 is 6.03 Å². The first kappa shape index (κ1) is 21.1. The molecule has 2 heterocycles. The van der Waals surface area contributed by atoms with Gasteiger partial charge in [0.2, 0.25) is 5.91 Å². The van der Waals surface area contributed by atoms with Crippen LogP contribution in [0.25, 0.3) is 0 Å². The van der Waals surface area contributed by atoms with Crippen LogP contribution in [-0.4, -0.2) is 46.8 Å². The summed E-state index contributed by atoms with van der Waals surface area (Å²) in [5.41, 5.74) is 7.67. The first-order chi connectivity index (χ1) is 13.5. The molecule has 2 aliphatic heterocycles. The second kappa shape index (κ2) is 9.71. The van der Waals surface area contributed by atoms with Gasteiger partial charge in [0.1, 0.15) is 6.04 Å². The summed E-state index contributed by atoms with van der Waals surface area (Å²) in [5.74, 6) is 0.306. The Bertz CT molecular complexity index is 674. The number of carbonyl (C=O) groups excluding carboxylic acids is 2. The number of halogens is 1. The molecule has 3 rings (SSSR count). The molecule has 0 radical (unpaired) electrons. The van der Waals surface area contributed by atoms with E-state index in [1.165, 1.54) is 12.8 Å². The molecule has 1 aromatic carbocycles. The summed E-state index contributed by atoms with van der Waals surface area (Å²) in [7, 11) is 0. The zero-order chi connectivity index (χ0) is 20.1. The van der Waals surface area contributed by atoms with E-state index >= 15 is 0 Å². The number of likely N-dealkylation sites (tertiary alicyclic amines) is 1. The number of hydrazine groups is 1. The molecule has 154 valence electrons. The summed E-state index contributed by atoms with van der Waals surface area (Å²) in [6.45, 7) is 5.86. The van der Waals surface area contributed by atoms with Crippen molar-refractivity contribution in [3.8, 4) is 0 Å². The molecule has 0 aromatic heterocycles. The van der Waals surface area contributed by atoms with Gasteiger partial charge in [-0.3, -0.25) is 10.2 Å². The van der Waals surface area contributed by atoms with Crippen molar-refractivity contribution >= 4 is 39.2 Å². The van der Waals surface area contributed by atoms with Gasteiger partial charge in [-0.1, -0.05) is 42.6 Å². The number of nitrogens with zero attached hydrogens (tertiary/aromatic N) is 1. The quantitative estimate of drug-likeness (QED) is 0.529. The molecular weight excluding hydrogens is 422 g/mol. The Kier molecular flexibility index (Phi) is 7.31. The molecule has 8 heteroatoms. The van der Waals surface area contributed by atoms with E-state index in [4.69, 9.17) is 0 Å². The Morgan fingerprint density at radius 2 is 1.57 bits per heavy atom. The Balaban J connectivity index is 1.53. The maximum Gasteiger partial charge on any atom is 0.321 e. The van der Waals surface area contributed by atoms with Crippen LogP contribution in [0.4, 0.5) is 16.2 Å². The molecule has 1 aromatic rings. The number of anilines is 2. The Morgan fingerprint density at radius 3 is 2.11 bits per heavy atom. The van der Waals surface area contributed by atoms with Gasteiger partial charge in [0.05, 0.1) is 4.83 Å². The largest absolute Gasteiger partial charge is 0.325 e. The highest BCUT2D eigenvalue weighted by Gasteiger charge is 2.39. The molecule has 3 unspecified atom stereocenters. The van der Waals surface area contributed by atoms with E-state index in [2.05, 4.69) is 51.3 Å². The predicted molar refractivity (Wildman–Crippen MR) is 116 cm³/mol. The Labute approximate surface area is 175 Å². The third-order valence-corrected chi connectivity index (χ3v) is 6.46. The second-order valence-electron chi connectivity index (χ2n) is 7.88. The zero-order valence-corrected chi connectivity index (χ0v) is 18.1. The fourth-order valence-electron chi connectivity index (χ4n) is 3.63.